The minimum atomic E-state index is -0.159. The summed E-state index contributed by atoms with van der Waals surface area (Å²) in [5, 5.41) is 10.3. The van der Waals surface area contributed by atoms with Gasteiger partial charge in [-0.3, -0.25) is 4.79 Å². The van der Waals surface area contributed by atoms with E-state index in [-0.39, 0.29) is 18.4 Å². The van der Waals surface area contributed by atoms with Crippen LogP contribution in [0.4, 0.5) is 5.82 Å². The Bertz CT molecular complexity index is 626. The number of rotatable bonds is 8. The molecule has 8 heteroatoms. The third-order valence-corrected chi connectivity index (χ3v) is 3.10. The van der Waals surface area contributed by atoms with Gasteiger partial charge >= 0.3 is 0 Å². The van der Waals surface area contributed by atoms with Crippen molar-refractivity contribution in [1.82, 2.24) is 25.1 Å². The number of amides is 1. The maximum atomic E-state index is 12.0. The molecule has 0 aliphatic carbocycles. The molecule has 0 unspecified atom stereocenters. The third kappa shape index (κ3) is 4.83. The topological polar surface area (TPSA) is 94.0 Å². The Balaban J connectivity index is 2.12. The number of aromatic nitrogens is 4. The van der Waals surface area contributed by atoms with Crippen LogP contribution in [0.25, 0.3) is 5.95 Å². The fraction of sp³-hybridized carbons (Fsp3) is 0.467. The van der Waals surface area contributed by atoms with Crippen molar-refractivity contribution in [2.24, 2.45) is 0 Å². The molecule has 23 heavy (non-hydrogen) atoms. The molecule has 2 aromatic rings. The minimum Gasteiger partial charge on any atom is -0.383 e. The molecule has 0 radical (unpaired) electrons. The largest absolute Gasteiger partial charge is 0.383 e. The van der Waals surface area contributed by atoms with Crippen molar-refractivity contribution in [2.45, 2.75) is 19.8 Å². The first-order chi connectivity index (χ1) is 11.1. The van der Waals surface area contributed by atoms with Crippen molar-refractivity contribution < 1.29 is 9.53 Å². The summed E-state index contributed by atoms with van der Waals surface area (Å²) in [6.07, 6.45) is 3.27. The first-order valence-corrected chi connectivity index (χ1v) is 7.48. The van der Waals surface area contributed by atoms with Crippen molar-refractivity contribution in [1.29, 1.82) is 0 Å². The Morgan fingerprint density at radius 3 is 2.74 bits per heavy atom. The van der Waals surface area contributed by atoms with Crippen LogP contribution in [0.1, 0.15) is 25.5 Å². The lowest BCUT2D eigenvalue weighted by atomic mass is 10.1. The van der Waals surface area contributed by atoms with E-state index in [1.165, 1.54) is 0 Å². The fourth-order valence-corrected chi connectivity index (χ4v) is 1.89. The van der Waals surface area contributed by atoms with Crippen LogP contribution in [-0.4, -0.2) is 52.5 Å². The predicted molar refractivity (Wildman–Crippen MR) is 86.6 cm³/mol. The highest BCUT2D eigenvalue weighted by Crippen LogP contribution is 2.20. The lowest BCUT2D eigenvalue weighted by Crippen LogP contribution is -2.31. The van der Waals surface area contributed by atoms with E-state index in [0.717, 1.165) is 5.69 Å². The molecule has 0 fully saturated rings. The molecule has 2 N–H and O–H groups in total. The quantitative estimate of drug-likeness (QED) is 0.704. The summed E-state index contributed by atoms with van der Waals surface area (Å²) in [7, 11) is 1.62. The molecule has 0 saturated carbocycles. The normalized spacial score (nSPS) is 11.0. The highest BCUT2D eigenvalue weighted by molar-refractivity contribution is 5.91. The highest BCUT2D eigenvalue weighted by Gasteiger charge is 2.15. The molecule has 0 aliphatic heterocycles. The Labute approximate surface area is 135 Å². The number of anilines is 1. The summed E-state index contributed by atoms with van der Waals surface area (Å²) in [5.41, 5.74) is 0.861. The number of carbonyl (C=O) groups is 1. The molecular weight excluding hydrogens is 296 g/mol. The van der Waals surface area contributed by atoms with Crippen LogP contribution < -0.4 is 10.6 Å². The number of hydrogen-bond acceptors (Lipinski definition) is 6. The van der Waals surface area contributed by atoms with Crippen molar-refractivity contribution in [3.63, 3.8) is 0 Å². The van der Waals surface area contributed by atoms with Gasteiger partial charge in [0.05, 0.1) is 18.8 Å². The van der Waals surface area contributed by atoms with Crippen LogP contribution in [-0.2, 0) is 9.53 Å². The Morgan fingerprint density at radius 2 is 2.09 bits per heavy atom. The van der Waals surface area contributed by atoms with Crippen LogP contribution in [0.3, 0.4) is 0 Å². The highest BCUT2D eigenvalue weighted by atomic mass is 16.5. The SMILES string of the molecule is COCCNCC(=O)Nc1cc(C(C)C)nn1-c1ncccn1. The lowest BCUT2D eigenvalue weighted by molar-refractivity contribution is -0.115. The lowest BCUT2D eigenvalue weighted by Gasteiger charge is -2.08. The number of methoxy groups -OCH3 is 1. The van der Waals surface area contributed by atoms with E-state index in [1.807, 2.05) is 19.9 Å². The van der Waals surface area contributed by atoms with Gasteiger partial charge in [-0.05, 0) is 12.0 Å². The molecule has 2 aromatic heterocycles. The van der Waals surface area contributed by atoms with Crippen LogP contribution in [0, 0.1) is 0 Å². The molecule has 2 heterocycles. The molecule has 2 rings (SSSR count). The maximum Gasteiger partial charge on any atom is 0.252 e. The van der Waals surface area contributed by atoms with E-state index in [2.05, 4.69) is 25.7 Å². The molecule has 8 nitrogen and oxygen atoms in total. The van der Waals surface area contributed by atoms with E-state index < -0.39 is 0 Å². The van der Waals surface area contributed by atoms with Gasteiger partial charge in [0.15, 0.2) is 0 Å². The zero-order chi connectivity index (χ0) is 16.7. The van der Waals surface area contributed by atoms with E-state index in [0.29, 0.717) is 24.9 Å². The number of carbonyl (C=O) groups excluding carboxylic acids is 1. The second kappa shape index (κ2) is 8.35. The van der Waals surface area contributed by atoms with Gasteiger partial charge in [0.25, 0.3) is 5.95 Å². The summed E-state index contributed by atoms with van der Waals surface area (Å²) < 4.78 is 6.47. The number of hydrogen-bond donors (Lipinski definition) is 2. The molecule has 0 aliphatic rings. The average molecular weight is 318 g/mol. The molecule has 0 bridgehead atoms. The summed E-state index contributed by atoms with van der Waals surface area (Å²) in [6.45, 7) is 5.44. The van der Waals surface area contributed by atoms with Crippen molar-refractivity contribution in [2.75, 3.05) is 32.1 Å². The Morgan fingerprint density at radius 1 is 1.35 bits per heavy atom. The number of ether oxygens (including phenoxy) is 1. The maximum absolute atomic E-state index is 12.0. The summed E-state index contributed by atoms with van der Waals surface area (Å²) in [6, 6.07) is 3.57. The Hall–Kier alpha value is -2.32. The first kappa shape index (κ1) is 17.0. The standard InChI is InChI=1S/C15H22N6O2/c1-11(2)12-9-13(19-14(22)10-16-7-8-23-3)21(20-12)15-17-5-4-6-18-15/h4-6,9,11,16H,7-8,10H2,1-3H3,(H,19,22). The summed E-state index contributed by atoms with van der Waals surface area (Å²) >= 11 is 0. The predicted octanol–water partition coefficient (Wildman–Crippen LogP) is 0.960. The Kier molecular flexibility index (Phi) is 6.19. The average Bonchev–Trinajstić information content (AvgIpc) is 2.96. The second-order valence-electron chi connectivity index (χ2n) is 5.29. The van der Waals surface area contributed by atoms with Gasteiger partial charge in [-0.1, -0.05) is 13.8 Å². The first-order valence-electron chi connectivity index (χ1n) is 7.48. The van der Waals surface area contributed by atoms with Crippen LogP contribution in [0.2, 0.25) is 0 Å². The van der Waals surface area contributed by atoms with Crippen LogP contribution in [0.5, 0.6) is 0 Å². The van der Waals surface area contributed by atoms with Gasteiger partial charge < -0.3 is 15.4 Å². The van der Waals surface area contributed by atoms with Gasteiger partial charge in [0.1, 0.15) is 5.82 Å². The van der Waals surface area contributed by atoms with Gasteiger partial charge in [-0.15, -0.1) is 0 Å². The van der Waals surface area contributed by atoms with Gasteiger partial charge in [0, 0.05) is 32.1 Å². The fourth-order valence-electron chi connectivity index (χ4n) is 1.89. The van der Waals surface area contributed by atoms with E-state index in [4.69, 9.17) is 4.74 Å². The number of nitrogens with zero attached hydrogens (tertiary/aromatic N) is 4. The van der Waals surface area contributed by atoms with Gasteiger partial charge in [0.2, 0.25) is 5.91 Å². The molecule has 0 atom stereocenters. The summed E-state index contributed by atoms with van der Waals surface area (Å²) in [5.74, 6) is 1.05. The third-order valence-electron chi connectivity index (χ3n) is 3.10. The van der Waals surface area contributed by atoms with Gasteiger partial charge in [-0.2, -0.15) is 9.78 Å². The van der Waals surface area contributed by atoms with Crippen molar-refractivity contribution in [3.05, 3.63) is 30.2 Å². The summed E-state index contributed by atoms with van der Waals surface area (Å²) in [4.78, 5) is 20.4. The molecule has 1 amide bonds. The van der Waals surface area contributed by atoms with Gasteiger partial charge in [-0.25, -0.2) is 9.97 Å². The van der Waals surface area contributed by atoms with Crippen molar-refractivity contribution in [3.8, 4) is 5.95 Å². The van der Waals surface area contributed by atoms with Crippen molar-refractivity contribution >= 4 is 11.7 Å². The number of nitrogens with one attached hydrogen (secondary N) is 2. The van der Waals surface area contributed by atoms with E-state index in [9.17, 15) is 4.79 Å². The molecule has 0 spiro atoms. The smallest absolute Gasteiger partial charge is 0.252 e. The molecule has 124 valence electrons. The molecule has 0 aromatic carbocycles. The van der Waals surface area contributed by atoms with E-state index >= 15 is 0 Å². The minimum absolute atomic E-state index is 0.159. The van der Waals surface area contributed by atoms with E-state index in [1.54, 1.807) is 30.3 Å². The zero-order valence-electron chi connectivity index (χ0n) is 13.6. The molecule has 0 saturated heterocycles. The van der Waals surface area contributed by atoms with Crippen LogP contribution in [0.15, 0.2) is 24.5 Å². The second-order valence-corrected chi connectivity index (χ2v) is 5.29. The zero-order valence-corrected chi connectivity index (χ0v) is 13.6. The molecular formula is C15H22N6O2. The monoisotopic (exact) mass is 318 g/mol. The van der Waals surface area contributed by atoms with Crippen LogP contribution >= 0.6 is 0 Å².